The van der Waals surface area contributed by atoms with Crippen LogP contribution in [0.25, 0.3) is 0 Å². The fourth-order valence-corrected chi connectivity index (χ4v) is 3.03. The van der Waals surface area contributed by atoms with Gasteiger partial charge in [-0.3, -0.25) is 4.79 Å². The van der Waals surface area contributed by atoms with Gasteiger partial charge in [-0.25, -0.2) is 4.79 Å². The highest BCUT2D eigenvalue weighted by atomic mass is 35.5. The van der Waals surface area contributed by atoms with E-state index in [9.17, 15) is 22.8 Å². The maximum absolute atomic E-state index is 12.9. The first-order valence-corrected chi connectivity index (χ1v) is 7.58. The largest absolute Gasteiger partial charge is 0.481 e. The first-order valence-electron chi connectivity index (χ1n) is 7.20. The van der Waals surface area contributed by atoms with Crippen molar-refractivity contribution in [3.8, 4) is 0 Å². The molecule has 132 valence electrons. The van der Waals surface area contributed by atoms with Crippen LogP contribution >= 0.6 is 11.6 Å². The van der Waals surface area contributed by atoms with Crippen LogP contribution in [0.3, 0.4) is 0 Å². The van der Waals surface area contributed by atoms with Crippen LogP contribution in [0.2, 0.25) is 5.02 Å². The molecular formula is C15H16ClF3N2O3. The number of hydrogen-bond donors (Lipinski definition) is 2. The van der Waals surface area contributed by atoms with E-state index in [1.807, 2.05) is 0 Å². The maximum Gasteiger partial charge on any atom is 0.394 e. The SMILES string of the molecule is C[C@@H](NC(=O)N1C[C@@H](C(F)(F)F)[C@H](C(=O)O)C1)c1ccccc1Cl. The number of carbonyl (C=O) groups excluding carboxylic acids is 1. The number of likely N-dealkylation sites (tertiary alicyclic amines) is 1. The standard InChI is InChI=1S/C15H16ClF3N2O3/c1-8(9-4-2-3-5-12(9)16)20-14(24)21-6-10(13(22)23)11(7-21)15(17,18)19/h2-5,8,10-11H,6-7H2,1H3,(H,20,24)(H,22,23)/t8-,10-,11-/m1/s1. The number of carbonyl (C=O) groups is 2. The van der Waals surface area contributed by atoms with Gasteiger partial charge in [0.15, 0.2) is 0 Å². The molecule has 5 nitrogen and oxygen atoms in total. The number of nitrogens with zero attached hydrogens (tertiary/aromatic N) is 1. The molecule has 1 aliphatic heterocycles. The molecule has 1 saturated heterocycles. The van der Waals surface area contributed by atoms with Gasteiger partial charge in [-0.2, -0.15) is 13.2 Å². The molecule has 2 N–H and O–H groups in total. The van der Waals surface area contributed by atoms with E-state index in [1.165, 1.54) is 0 Å². The third-order valence-corrected chi connectivity index (χ3v) is 4.40. The van der Waals surface area contributed by atoms with Gasteiger partial charge in [0.2, 0.25) is 0 Å². The molecule has 1 aliphatic rings. The quantitative estimate of drug-likeness (QED) is 0.864. The summed E-state index contributed by atoms with van der Waals surface area (Å²) in [6, 6.07) is 5.48. The Hall–Kier alpha value is -1.96. The highest BCUT2D eigenvalue weighted by molar-refractivity contribution is 6.31. The number of amides is 2. The van der Waals surface area contributed by atoms with Gasteiger partial charge in [-0.15, -0.1) is 0 Å². The van der Waals surface area contributed by atoms with Crippen LogP contribution < -0.4 is 5.32 Å². The predicted octanol–water partition coefficient (Wildman–Crippen LogP) is 3.31. The molecule has 9 heteroatoms. The van der Waals surface area contributed by atoms with Crippen molar-refractivity contribution in [2.45, 2.75) is 19.1 Å². The van der Waals surface area contributed by atoms with E-state index in [0.717, 1.165) is 4.90 Å². The second kappa shape index (κ2) is 6.88. The zero-order chi connectivity index (χ0) is 18.1. The lowest BCUT2D eigenvalue weighted by molar-refractivity contribution is -0.187. The van der Waals surface area contributed by atoms with Gasteiger partial charge in [0.05, 0.1) is 17.9 Å². The van der Waals surface area contributed by atoms with E-state index >= 15 is 0 Å². The summed E-state index contributed by atoms with van der Waals surface area (Å²) in [5.41, 5.74) is 0.619. The Labute approximate surface area is 141 Å². The molecule has 0 aliphatic carbocycles. The Balaban J connectivity index is 2.08. The number of benzene rings is 1. The third kappa shape index (κ3) is 3.92. The molecule has 0 spiro atoms. The number of aliphatic carboxylic acids is 1. The van der Waals surface area contributed by atoms with Crippen LogP contribution in [0.1, 0.15) is 18.5 Å². The average Bonchev–Trinajstić information content (AvgIpc) is 2.93. The molecule has 2 amide bonds. The predicted molar refractivity (Wildman–Crippen MR) is 80.6 cm³/mol. The molecular weight excluding hydrogens is 349 g/mol. The normalized spacial score (nSPS) is 22.3. The van der Waals surface area contributed by atoms with E-state index in [0.29, 0.717) is 10.6 Å². The monoisotopic (exact) mass is 364 g/mol. The molecule has 24 heavy (non-hydrogen) atoms. The molecule has 1 aromatic carbocycles. The van der Waals surface area contributed by atoms with Crippen molar-refractivity contribution < 1.29 is 27.9 Å². The van der Waals surface area contributed by atoms with Crippen molar-refractivity contribution >= 4 is 23.6 Å². The Morgan fingerprint density at radius 3 is 2.46 bits per heavy atom. The molecule has 0 radical (unpaired) electrons. The number of carboxylic acid groups (broad SMARTS) is 1. The summed E-state index contributed by atoms with van der Waals surface area (Å²) in [5.74, 6) is -5.30. The van der Waals surface area contributed by atoms with Gasteiger partial charge in [0.25, 0.3) is 0 Å². The second-order valence-electron chi connectivity index (χ2n) is 5.69. The summed E-state index contributed by atoms with van der Waals surface area (Å²) in [6.45, 7) is 0.479. The molecule has 0 saturated carbocycles. The van der Waals surface area contributed by atoms with E-state index in [1.54, 1.807) is 31.2 Å². The fourth-order valence-electron chi connectivity index (χ4n) is 2.73. The van der Waals surface area contributed by atoms with Crippen LogP contribution in [0.15, 0.2) is 24.3 Å². The fraction of sp³-hybridized carbons (Fsp3) is 0.467. The smallest absolute Gasteiger partial charge is 0.394 e. The summed E-state index contributed by atoms with van der Waals surface area (Å²) in [4.78, 5) is 24.1. The first-order chi connectivity index (χ1) is 11.1. The summed E-state index contributed by atoms with van der Waals surface area (Å²) >= 11 is 6.02. The zero-order valence-electron chi connectivity index (χ0n) is 12.7. The van der Waals surface area contributed by atoms with Crippen LogP contribution in [0.4, 0.5) is 18.0 Å². The number of nitrogens with one attached hydrogen (secondary N) is 1. The molecule has 2 rings (SSSR count). The summed E-state index contributed by atoms with van der Waals surface area (Å²) in [6.07, 6.45) is -4.67. The number of halogens is 4. The van der Waals surface area contributed by atoms with Crippen molar-refractivity contribution in [3.63, 3.8) is 0 Å². The Kier molecular flexibility index (Phi) is 5.27. The Morgan fingerprint density at radius 2 is 1.96 bits per heavy atom. The minimum absolute atomic E-state index is 0.420. The molecule has 0 aromatic heterocycles. The molecule has 1 fully saturated rings. The van der Waals surface area contributed by atoms with E-state index < -0.39 is 49.1 Å². The number of alkyl halides is 3. The molecule has 3 atom stereocenters. The molecule has 1 aromatic rings. The average molecular weight is 365 g/mol. The third-order valence-electron chi connectivity index (χ3n) is 4.06. The van der Waals surface area contributed by atoms with Crippen molar-refractivity contribution in [1.29, 1.82) is 0 Å². The van der Waals surface area contributed by atoms with Crippen LogP contribution in [0, 0.1) is 11.8 Å². The van der Waals surface area contributed by atoms with Crippen molar-refractivity contribution in [2.24, 2.45) is 11.8 Å². The molecule has 0 unspecified atom stereocenters. The van der Waals surface area contributed by atoms with Crippen LogP contribution in [-0.2, 0) is 4.79 Å². The minimum atomic E-state index is -4.67. The summed E-state index contributed by atoms with van der Waals surface area (Å²) in [5, 5.41) is 11.9. The summed E-state index contributed by atoms with van der Waals surface area (Å²) in [7, 11) is 0. The van der Waals surface area contributed by atoms with E-state index in [4.69, 9.17) is 16.7 Å². The molecule has 0 bridgehead atoms. The lowest BCUT2D eigenvalue weighted by Crippen LogP contribution is -2.40. The maximum atomic E-state index is 12.9. The minimum Gasteiger partial charge on any atom is -0.481 e. The Morgan fingerprint density at radius 1 is 1.33 bits per heavy atom. The van der Waals surface area contributed by atoms with Gasteiger partial charge in [0, 0.05) is 18.1 Å². The first kappa shape index (κ1) is 18.4. The van der Waals surface area contributed by atoms with Crippen molar-refractivity contribution in [3.05, 3.63) is 34.9 Å². The second-order valence-corrected chi connectivity index (χ2v) is 6.10. The van der Waals surface area contributed by atoms with Gasteiger partial charge in [-0.05, 0) is 18.6 Å². The molecule has 1 heterocycles. The number of rotatable bonds is 3. The highest BCUT2D eigenvalue weighted by Crippen LogP contribution is 2.37. The van der Waals surface area contributed by atoms with Crippen LogP contribution in [-0.4, -0.2) is 41.3 Å². The summed E-state index contributed by atoms with van der Waals surface area (Å²) < 4.78 is 38.8. The van der Waals surface area contributed by atoms with Gasteiger partial charge < -0.3 is 15.3 Å². The van der Waals surface area contributed by atoms with Crippen LogP contribution in [0.5, 0.6) is 0 Å². The Bertz CT molecular complexity index is 639. The van der Waals surface area contributed by atoms with Crippen molar-refractivity contribution in [1.82, 2.24) is 10.2 Å². The van der Waals surface area contributed by atoms with Crippen molar-refractivity contribution in [2.75, 3.05) is 13.1 Å². The topological polar surface area (TPSA) is 69.6 Å². The lowest BCUT2D eigenvalue weighted by Gasteiger charge is -2.22. The zero-order valence-corrected chi connectivity index (χ0v) is 13.4. The van der Waals surface area contributed by atoms with Gasteiger partial charge >= 0.3 is 18.2 Å². The number of carboxylic acids is 1. The van der Waals surface area contributed by atoms with E-state index in [2.05, 4.69) is 5.32 Å². The van der Waals surface area contributed by atoms with Gasteiger partial charge in [-0.1, -0.05) is 29.8 Å². The number of hydrogen-bond acceptors (Lipinski definition) is 2. The highest BCUT2D eigenvalue weighted by Gasteiger charge is 2.53. The lowest BCUT2D eigenvalue weighted by atomic mass is 9.96. The van der Waals surface area contributed by atoms with Gasteiger partial charge in [0.1, 0.15) is 0 Å². The number of urea groups is 1. The van der Waals surface area contributed by atoms with E-state index in [-0.39, 0.29) is 0 Å².